The fraction of sp³-hybridized carbons (Fsp3) is 0.462. The third-order valence-electron chi connectivity index (χ3n) is 3.28. The summed E-state index contributed by atoms with van der Waals surface area (Å²) in [6.07, 6.45) is 1.21. The van der Waals surface area contributed by atoms with Gasteiger partial charge in [-0.05, 0) is 31.9 Å². The zero-order valence-corrected chi connectivity index (χ0v) is 10.3. The van der Waals surface area contributed by atoms with Crippen LogP contribution in [0, 0.1) is 24.2 Å². The molecular formula is C13H15N3O2. The fourth-order valence-corrected chi connectivity index (χ4v) is 2.21. The molecule has 0 aliphatic carbocycles. The number of piperidine rings is 1. The van der Waals surface area contributed by atoms with Crippen molar-refractivity contribution in [1.29, 1.82) is 5.26 Å². The number of hydrogen-bond acceptors (Lipinski definition) is 4. The first-order chi connectivity index (χ1) is 8.61. The van der Waals surface area contributed by atoms with Crippen molar-refractivity contribution in [3.8, 4) is 6.07 Å². The van der Waals surface area contributed by atoms with Gasteiger partial charge in [0, 0.05) is 18.8 Å². The molecule has 0 radical (unpaired) electrons. The lowest BCUT2D eigenvalue weighted by atomic mass is 9.97. The molecule has 5 nitrogen and oxygen atoms in total. The first-order valence-electron chi connectivity index (χ1n) is 5.97. The maximum atomic E-state index is 10.9. The monoisotopic (exact) mass is 245 g/mol. The van der Waals surface area contributed by atoms with Crippen LogP contribution in [0.2, 0.25) is 0 Å². The van der Waals surface area contributed by atoms with Crippen molar-refractivity contribution in [3.05, 3.63) is 23.4 Å². The van der Waals surface area contributed by atoms with Crippen molar-refractivity contribution >= 4 is 11.8 Å². The molecule has 1 aromatic rings. The van der Waals surface area contributed by atoms with Crippen molar-refractivity contribution < 1.29 is 9.90 Å². The first-order valence-corrected chi connectivity index (χ1v) is 5.97. The van der Waals surface area contributed by atoms with Crippen LogP contribution in [0.5, 0.6) is 0 Å². The van der Waals surface area contributed by atoms with Crippen LogP contribution in [-0.4, -0.2) is 29.1 Å². The molecule has 0 aromatic carbocycles. The molecule has 1 aliphatic rings. The number of aliphatic carboxylic acids is 1. The van der Waals surface area contributed by atoms with E-state index >= 15 is 0 Å². The van der Waals surface area contributed by atoms with Gasteiger partial charge in [-0.25, -0.2) is 4.98 Å². The van der Waals surface area contributed by atoms with Crippen molar-refractivity contribution in [2.75, 3.05) is 18.0 Å². The summed E-state index contributed by atoms with van der Waals surface area (Å²) in [4.78, 5) is 17.3. The quantitative estimate of drug-likeness (QED) is 0.855. The van der Waals surface area contributed by atoms with Crippen LogP contribution in [0.3, 0.4) is 0 Å². The van der Waals surface area contributed by atoms with Gasteiger partial charge in [-0.3, -0.25) is 4.79 Å². The molecular weight excluding hydrogens is 230 g/mol. The van der Waals surface area contributed by atoms with Crippen LogP contribution < -0.4 is 4.90 Å². The number of carboxylic acids is 1. The Hall–Kier alpha value is -2.09. The number of aryl methyl sites for hydroxylation is 1. The van der Waals surface area contributed by atoms with Crippen molar-refractivity contribution in [1.82, 2.24) is 4.98 Å². The fourth-order valence-electron chi connectivity index (χ4n) is 2.21. The average Bonchev–Trinajstić information content (AvgIpc) is 2.39. The van der Waals surface area contributed by atoms with E-state index in [0.717, 1.165) is 5.69 Å². The number of nitrogens with zero attached hydrogens (tertiary/aromatic N) is 3. The van der Waals surface area contributed by atoms with Crippen LogP contribution in [0.4, 0.5) is 5.82 Å². The largest absolute Gasteiger partial charge is 0.481 e. The molecule has 1 fully saturated rings. The highest BCUT2D eigenvalue weighted by molar-refractivity contribution is 5.70. The number of carbonyl (C=O) groups is 1. The molecule has 0 unspecified atom stereocenters. The summed E-state index contributed by atoms with van der Waals surface area (Å²) in [6, 6.07) is 5.71. The maximum absolute atomic E-state index is 10.9. The molecule has 0 atom stereocenters. The third kappa shape index (κ3) is 2.43. The van der Waals surface area contributed by atoms with Crippen LogP contribution in [0.25, 0.3) is 0 Å². The minimum Gasteiger partial charge on any atom is -0.481 e. The molecule has 0 saturated carbocycles. The van der Waals surface area contributed by atoms with Crippen molar-refractivity contribution in [2.24, 2.45) is 5.92 Å². The molecule has 0 amide bonds. The predicted octanol–water partition coefficient (Wildman–Crippen LogP) is 1.56. The average molecular weight is 245 g/mol. The summed E-state index contributed by atoms with van der Waals surface area (Å²) in [5.74, 6) is -0.315. The molecule has 94 valence electrons. The zero-order chi connectivity index (χ0) is 13.1. The molecule has 0 spiro atoms. The Morgan fingerprint density at radius 2 is 2.17 bits per heavy atom. The van der Waals surface area contributed by atoms with E-state index in [-0.39, 0.29) is 5.92 Å². The van der Waals surface area contributed by atoms with E-state index in [0.29, 0.717) is 37.3 Å². The number of aromatic nitrogens is 1. The Morgan fingerprint density at radius 3 is 2.72 bits per heavy atom. The lowest BCUT2D eigenvalue weighted by molar-refractivity contribution is -0.142. The third-order valence-corrected chi connectivity index (χ3v) is 3.28. The number of carboxylic acid groups (broad SMARTS) is 1. The summed E-state index contributed by atoms with van der Waals surface area (Å²) < 4.78 is 0. The number of nitriles is 1. The second-order valence-corrected chi connectivity index (χ2v) is 4.54. The van der Waals surface area contributed by atoms with Crippen LogP contribution >= 0.6 is 0 Å². The standard InChI is InChI=1S/C13H15N3O2/c1-9-2-3-11(8-14)12(15-9)16-6-4-10(5-7-16)13(17)18/h2-3,10H,4-7H2,1H3,(H,17,18). The zero-order valence-electron chi connectivity index (χ0n) is 10.3. The minimum atomic E-state index is -0.729. The topological polar surface area (TPSA) is 77.2 Å². The van der Waals surface area contributed by atoms with Gasteiger partial charge in [-0.2, -0.15) is 5.26 Å². The highest BCUT2D eigenvalue weighted by Crippen LogP contribution is 2.24. The smallest absolute Gasteiger partial charge is 0.306 e. The van der Waals surface area contributed by atoms with Gasteiger partial charge in [0.2, 0.25) is 0 Å². The molecule has 0 bridgehead atoms. The molecule has 5 heteroatoms. The second-order valence-electron chi connectivity index (χ2n) is 4.54. The van der Waals surface area contributed by atoms with Gasteiger partial charge < -0.3 is 10.0 Å². The summed E-state index contributed by atoms with van der Waals surface area (Å²) in [7, 11) is 0. The van der Waals surface area contributed by atoms with Crippen LogP contribution in [0.15, 0.2) is 12.1 Å². The molecule has 2 rings (SSSR count). The van der Waals surface area contributed by atoms with Crippen molar-refractivity contribution in [3.63, 3.8) is 0 Å². The van der Waals surface area contributed by atoms with E-state index < -0.39 is 5.97 Å². The van der Waals surface area contributed by atoms with E-state index in [1.54, 1.807) is 6.07 Å². The predicted molar refractivity (Wildman–Crippen MR) is 66.3 cm³/mol. The van der Waals surface area contributed by atoms with Gasteiger partial charge in [-0.1, -0.05) is 0 Å². The second kappa shape index (κ2) is 5.05. The van der Waals surface area contributed by atoms with E-state index in [1.807, 2.05) is 17.9 Å². The minimum absolute atomic E-state index is 0.267. The van der Waals surface area contributed by atoms with Crippen LogP contribution in [0.1, 0.15) is 24.1 Å². The van der Waals surface area contributed by atoms with E-state index in [9.17, 15) is 4.79 Å². The van der Waals surface area contributed by atoms with Crippen LogP contribution in [-0.2, 0) is 4.79 Å². The van der Waals surface area contributed by atoms with E-state index in [4.69, 9.17) is 10.4 Å². The Labute approximate surface area is 106 Å². The lowest BCUT2D eigenvalue weighted by Crippen LogP contribution is -2.37. The lowest BCUT2D eigenvalue weighted by Gasteiger charge is -2.31. The SMILES string of the molecule is Cc1ccc(C#N)c(N2CCC(C(=O)O)CC2)n1. The van der Waals surface area contributed by atoms with Gasteiger partial charge in [0.15, 0.2) is 0 Å². The molecule has 2 heterocycles. The Morgan fingerprint density at radius 1 is 1.50 bits per heavy atom. The first kappa shape index (κ1) is 12.4. The van der Waals surface area contributed by atoms with E-state index in [1.165, 1.54) is 0 Å². The highest BCUT2D eigenvalue weighted by Gasteiger charge is 2.26. The number of anilines is 1. The Balaban J connectivity index is 2.17. The molecule has 1 aromatic heterocycles. The van der Waals surface area contributed by atoms with Gasteiger partial charge in [-0.15, -0.1) is 0 Å². The maximum Gasteiger partial charge on any atom is 0.306 e. The summed E-state index contributed by atoms with van der Waals surface area (Å²) in [6.45, 7) is 3.17. The van der Waals surface area contributed by atoms with Crippen molar-refractivity contribution in [2.45, 2.75) is 19.8 Å². The summed E-state index contributed by atoms with van der Waals surface area (Å²) in [5.41, 5.74) is 1.42. The molecule has 18 heavy (non-hydrogen) atoms. The Bertz CT molecular complexity index is 499. The molecule has 1 saturated heterocycles. The summed E-state index contributed by atoms with van der Waals surface area (Å²) in [5, 5.41) is 18.0. The Kier molecular flexibility index (Phi) is 3.47. The molecule has 1 N–H and O–H groups in total. The van der Waals surface area contributed by atoms with Gasteiger partial charge in [0.1, 0.15) is 11.9 Å². The van der Waals surface area contributed by atoms with Gasteiger partial charge in [0.05, 0.1) is 11.5 Å². The van der Waals surface area contributed by atoms with Gasteiger partial charge >= 0.3 is 5.97 Å². The highest BCUT2D eigenvalue weighted by atomic mass is 16.4. The number of hydrogen-bond donors (Lipinski definition) is 1. The summed E-state index contributed by atoms with van der Waals surface area (Å²) >= 11 is 0. The van der Waals surface area contributed by atoms with Gasteiger partial charge in [0.25, 0.3) is 0 Å². The number of pyridine rings is 1. The number of rotatable bonds is 2. The van der Waals surface area contributed by atoms with E-state index in [2.05, 4.69) is 11.1 Å². The molecule has 1 aliphatic heterocycles. The normalized spacial score (nSPS) is 16.3.